The number of carboxylic acid groups (broad SMARTS) is 1. The highest BCUT2D eigenvalue weighted by Crippen LogP contribution is 2.18. The number of nitriles is 1. The Morgan fingerprint density at radius 3 is 2.62 bits per heavy atom. The maximum atomic E-state index is 10.8. The van der Waals surface area contributed by atoms with Crippen LogP contribution >= 0.6 is 0 Å². The molecule has 0 amide bonds. The smallest absolute Gasteiger partial charge is 0.348 e. The van der Waals surface area contributed by atoms with Crippen LogP contribution in [0.2, 0.25) is 0 Å². The Bertz CT molecular complexity index is 484. The highest BCUT2D eigenvalue weighted by Gasteiger charge is 2.14. The Balaban J connectivity index is 3.39. The van der Waals surface area contributed by atoms with Crippen molar-refractivity contribution in [2.75, 3.05) is 0 Å². The largest absolute Gasteiger partial charge is 0.477 e. The summed E-state index contributed by atoms with van der Waals surface area (Å²) in [6.07, 6.45) is 0.731. The Morgan fingerprint density at radius 2 is 2.12 bits per heavy atom. The molecule has 3 N–H and O–H groups in total. The minimum atomic E-state index is -1.30. The first-order valence-corrected chi connectivity index (χ1v) is 4.83. The molecule has 0 radical (unpaired) electrons. The molecular formula is C12H12N2O2. The van der Waals surface area contributed by atoms with E-state index in [-0.39, 0.29) is 5.70 Å². The van der Waals surface area contributed by atoms with Gasteiger partial charge in [-0.25, -0.2) is 4.79 Å². The van der Waals surface area contributed by atoms with Crippen LogP contribution in [-0.2, 0) is 11.2 Å². The van der Waals surface area contributed by atoms with Crippen LogP contribution < -0.4 is 5.73 Å². The number of hydrogen-bond donors (Lipinski definition) is 2. The van der Waals surface area contributed by atoms with Crippen molar-refractivity contribution in [3.63, 3.8) is 0 Å². The number of aryl methyl sites for hydroxylation is 1. The van der Waals surface area contributed by atoms with Crippen LogP contribution in [0.4, 0.5) is 0 Å². The van der Waals surface area contributed by atoms with E-state index in [1.807, 2.05) is 19.1 Å². The number of nitrogens with zero attached hydrogens (tertiary/aromatic N) is 1. The van der Waals surface area contributed by atoms with E-state index in [2.05, 4.69) is 0 Å². The first kappa shape index (κ1) is 11.8. The van der Waals surface area contributed by atoms with Crippen LogP contribution in [-0.4, -0.2) is 11.1 Å². The summed E-state index contributed by atoms with van der Waals surface area (Å²) >= 11 is 0. The van der Waals surface area contributed by atoms with Gasteiger partial charge in [0.2, 0.25) is 0 Å². The van der Waals surface area contributed by atoms with Crippen LogP contribution in [0, 0.1) is 11.3 Å². The number of carbonyl (C=O) groups is 1. The number of carboxylic acids is 1. The van der Waals surface area contributed by atoms with Crippen molar-refractivity contribution in [3.8, 4) is 6.07 Å². The van der Waals surface area contributed by atoms with Crippen LogP contribution in [0.1, 0.15) is 18.1 Å². The molecule has 0 unspecified atom stereocenters. The van der Waals surface area contributed by atoms with Gasteiger partial charge in [0, 0.05) is 5.56 Å². The quantitative estimate of drug-likeness (QED) is 0.592. The van der Waals surface area contributed by atoms with Gasteiger partial charge in [0.25, 0.3) is 0 Å². The summed E-state index contributed by atoms with van der Waals surface area (Å²) < 4.78 is 0. The molecule has 1 rings (SSSR count). The summed E-state index contributed by atoms with van der Waals surface area (Å²) in [5.74, 6) is -1.30. The van der Waals surface area contributed by atoms with Crippen molar-refractivity contribution in [1.29, 1.82) is 5.26 Å². The molecule has 1 aromatic rings. The first-order valence-electron chi connectivity index (χ1n) is 4.83. The molecule has 0 saturated heterocycles. The van der Waals surface area contributed by atoms with Gasteiger partial charge in [-0.05, 0) is 12.0 Å². The summed E-state index contributed by atoms with van der Waals surface area (Å²) in [5, 5.41) is 17.5. The standard InChI is InChI=1S/C12H12N2O2/c1-2-8-5-3-4-6-9(8)11(14)10(7-13)12(15)16/h3-6H,2,14H2,1H3,(H,15,16)/b11-10-. The molecule has 0 bridgehead atoms. The molecule has 0 aliphatic heterocycles. The van der Waals surface area contributed by atoms with Gasteiger partial charge in [-0.3, -0.25) is 0 Å². The number of hydrogen-bond acceptors (Lipinski definition) is 3. The Hall–Kier alpha value is -2.28. The van der Waals surface area contributed by atoms with E-state index in [1.165, 1.54) is 0 Å². The lowest BCUT2D eigenvalue weighted by molar-refractivity contribution is -0.132. The molecule has 0 aliphatic rings. The molecule has 0 spiro atoms. The van der Waals surface area contributed by atoms with Gasteiger partial charge >= 0.3 is 5.97 Å². The molecule has 82 valence electrons. The summed E-state index contributed by atoms with van der Waals surface area (Å²) in [4.78, 5) is 10.8. The molecule has 0 aliphatic carbocycles. The number of rotatable bonds is 3. The fraction of sp³-hybridized carbons (Fsp3) is 0.167. The lowest BCUT2D eigenvalue weighted by Gasteiger charge is -2.08. The fourth-order valence-corrected chi connectivity index (χ4v) is 1.45. The molecule has 0 fully saturated rings. The zero-order valence-corrected chi connectivity index (χ0v) is 8.90. The highest BCUT2D eigenvalue weighted by molar-refractivity contribution is 6.00. The number of aliphatic carboxylic acids is 1. The Morgan fingerprint density at radius 1 is 1.50 bits per heavy atom. The predicted molar refractivity (Wildman–Crippen MR) is 60.2 cm³/mol. The van der Waals surface area contributed by atoms with Crippen LogP contribution in [0.15, 0.2) is 29.8 Å². The van der Waals surface area contributed by atoms with Crippen molar-refractivity contribution in [2.24, 2.45) is 5.73 Å². The van der Waals surface area contributed by atoms with E-state index in [4.69, 9.17) is 16.1 Å². The van der Waals surface area contributed by atoms with Gasteiger partial charge in [-0.15, -0.1) is 0 Å². The Labute approximate surface area is 93.6 Å². The minimum absolute atomic E-state index is 0.0208. The van der Waals surface area contributed by atoms with Gasteiger partial charge in [-0.1, -0.05) is 31.2 Å². The van der Waals surface area contributed by atoms with Gasteiger partial charge in [0.05, 0.1) is 5.70 Å². The Kier molecular flexibility index (Phi) is 3.67. The van der Waals surface area contributed by atoms with Crippen molar-refractivity contribution < 1.29 is 9.90 Å². The molecule has 1 aromatic carbocycles. The first-order chi connectivity index (χ1) is 7.61. The molecule has 0 heterocycles. The average Bonchev–Trinajstić information content (AvgIpc) is 2.29. The lowest BCUT2D eigenvalue weighted by atomic mass is 10.00. The van der Waals surface area contributed by atoms with Gasteiger partial charge in [0.1, 0.15) is 6.07 Å². The van der Waals surface area contributed by atoms with E-state index >= 15 is 0 Å². The molecule has 0 saturated carbocycles. The summed E-state index contributed by atoms with van der Waals surface area (Å²) in [6, 6.07) is 8.79. The SMILES string of the molecule is CCc1ccccc1/C(N)=C(\C#N)C(=O)O. The maximum Gasteiger partial charge on any atom is 0.348 e. The number of nitrogens with two attached hydrogens (primary N) is 1. The van der Waals surface area contributed by atoms with Gasteiger partial charge < -0.3 is 10.8 Å². The maximum absolute atomic E-state index is 10.8. The van der Waals surface area contributed by atoms with Crippen molar-refractivity contribution in [2.45, 2.75) is 13.3 Å². The third-order valence-electron chi connectivity index (χ3n) is 2.28. The summed E-state index contributed by atoms with van der Waals surface area (Å²) in [7, 11) is 0. The molecule has 4 heteroatoms. The van der Waals surface area contributed by atoms with E-state index in [1.54, 1.807) is 18.2 Å². The van der Waals surface area contributed by atoms with E-state index in [0.717, 1.165) is 12.0 Å². The molecular weight excluding hydrogens is 204 g/mol. The normalized spacial score (nSPS) is 11.5. The molecule has 0 atom stereocenters. The molecule has 4 nitrogen and oxygen atoms in total. The highest BCUT2D eigenvalue weighted by atomic mass is 16.4. The van der Waals surface area contributed by atoms with Crippen molar-refractivity contribution in [1.82, 2.24) is 0 Å². The second-order valence-corrected chi connectivity index (χ2v) is 3.22. The topological polar surface area (TPSA) is 87.1 Å². The number of benzene rings is 1. The van der Waals surface area contributed by atoms with Gasteiger partial charge in [0.15, 0.2) is 5.57 Å². The van der Waals surface area contributed by atoms with Crippen molar-refractivity contribution >= 4 is 11.7 Å². The van der Waals surface area contributed by atoms with E-state index in [0.29, 0.717) is 5.56 Å². The minimum Gasteiger partial charge on any atom is -0.477 e. The lowest BCUT2D eigenvalue weighted by Crippen LogP contribution is -2.09. The molecule has 16 heavy (non-hydrogen) atoms. The zero-order chi connectivity index (χ0) is 12.1. The van der Waals surface area contributed by atoms with Crippen LogP contribution in [0.5, 0.6) is 0 Å². The molecule has 0 aromatic heterocycles. The second-order valence-electron chi connectivity index (χ2n) is 3.22. The van der Waals surface area contributed by atoms with E-state index in [9.17, 15) is 4.79 Å². The average molecular weight is 216 g/mol. The third kappa shape index (κ3) is 2.20. The zero-order valence-electron chi connectivity index (χ0n) is 8.90. The fourth-order valence-electron chi connectivity index (χ4n) is 1.45. The van der Waals surface area contributed by atoms with E-state index < -0.39 is 11.5 Å². The monoisotopic (exact) mass is 216 g/mol. The van der Waals surface area contributed by atoms with Crippen molar-refractivity contribution in [3.05, 3.63) is 41.0 Å². The van der Waals surface area contributed by atoms with Crippen LogP contribution in [0.3, 0.4) is 0 Å². The summed E-state index contributed by atoms with van der Waals surface area (Å²) in [6.45, 7) is 1.94. The summed E-state index contributed by atoms with van der Waals surface area (Å²) in [5.41, 5.74) is 6.85. The second kappa shape index (κ2) is 4.99. The van der Waals surface area contributed by atoms with Crippen LogP contribution in [0.25, 0.3) is 5.70 Å². The third-order valence-corrected chi connectivity index (χ3v) is 2.28. The van der Waals surface area contributed by atoms with Gasteiger partial charge in [-0.2, -0.15) is 5.26 Å². The predicted octanol–water partition coefficient (Wildman–Crippen LogP) is 1.53.